The lowest BCUT2D eigenvalue weighted by Crippen LogP contribution is -2.42. The first kappa shape index (κ1) is 11.1. The Hall–Kier alpha value is -1.06. The fraction of sp³-hybridized carbons (Fsp3) is 0.462. The van der Waals surface area contributed by atoms with Crippen LogP contribution in [0.4, 0.5) is 0 Å². The van der Waals surface area contributed by atoms with E-state index in [1.54, 1.807) is 24.3 Å². The smallest absolute Gasteiger partial charge is 0.226 e. The first-order valence-corrected chi connectivity index (χ1v) is 6.29. The van der Waals surface area contributed by atoms with Crippen molar-refractivity contribution in [3.63, 3.8) is 0 Å². The van der Waals surface area contributed by atoms with Gasteiger partial charge in [0.15, 0.2) is 5.72 Å². The zero-order valence-electron chi connectivity index (χ0n) is 9.32. The molecule has 1 aliphatic heterocycles. The molecule has 3 rings (SSSR count). The lowest BCUT2D eigenvalue weighted by Gasteiger charge is -2.29. The number of halogens is 1. The number of carbonyl (C=O) groups is 1. The van der Waals surface area contributed by atoms with Crippen LogP contribution in [0.2, 0.25) is 5.02 Å². The second-order valence-electron chi connectivity index (χ2n) is 4.91. The number of aliphatic hydroxyl groups is 1. The van der Waals surface area contributed by atoms with E-state index in [2.05, 4.69) is 5.32 Å². The third-order valence-corrected chi connectivity index (χ3v) is 4.24. The van der Waals surface area contributed by atoms with Gasteiger partial charge in [-0.15, -0.1) is 0 Å². The highest BCUT2D eigenvalue weighted by Gasteiger charge is 2.54. The fourth-order valence-corrected chi connectivity index (χ4v) is 3.26. The van der Waals surface area contributed by atoms with Gasteiger partial charge in [-0.05, 0) is 25.0 Å². The van der Waals surface area contributed by atoms with Crippen LogP contribution in [0.15, 0.2) is 24.3 Å². The van der Waals surface area contributed by atoms with Gasteiger partial charge >= 0.3 is 0 Å². The molecule has 2 aliphatic rings. The molecule has 0 aromatic heterocycles. The summed E-state index contributed by atoms with van der Waals surface area (Å²) >= 11 is 5.83. The molecule has 1 saturated carbocycles. The van der Waals surface area contributed by atoms with E-state index in [1.165, 1.54) is 0 Å². The topological polar surface area (TPSA) is 49.3 Å². The molecule has 4 heteroatoms. The van der Waals surface area contributed by atoms with Crippen LogP contribution in [0.3, 0.4) is 0 Å². The van der Waals surface area contributed by atoms with Gasteiger partial charge in [0.05, 0.1) is 0 Å². The number of amides is 1. The van der Waals surface area contributed by atoms with E-state index in [-0.39, 0.29) is 17.7 Å². The zero-order chi connectivity index (χ0) is 12.0. The molecular formula is C13H14ClNO2. The summed E-state index contributed by atoms with van der Waals surface area (Å²) in [6, 6.07) is 7.04. The van der Waals surface area contributed by atoms with Crippen LogP contribution in [-0.4, -0.2) is 11.0 Å². The summed E-state index contributed by atoms with van der Waals surface area (Å²) in [6.45, 7) is 0. The van der Waals surface area contributed by atoms with E-state index in [0.29, 0.717) is 5.02 Å². The van der Waals surface area contributed by atoms with Gasteiger partial charge in [-0.25, -0.2) is 0 Å². The van der Waals surface area contributed by atoms with Crippen molar-refractivity contribution in [1.29, 1.82) is 0 Å². The summed E-state index contributed by atoms with van der Waals surface area (Å²) < 4.78 is 0. The van der Waals surface area contributed by atoms with Crippen LogP contribution in [-0.2, 0) is 10.5 Å². The molecule has 1 saturated heterocycles. The molecule has 1 aliphatic carbocycles. The van der Waals surface area contributed by atoms with E-state index in [4.69, 9.17) is 11.6 Å². The lowest BCUT2D eigenvalue weighted by atomic mass is 9.86. The van der Waals surface area contributed by atoms with Gasteiger partial charge in [-0.1, -0.05) is 30.2 Å². The van der Waals surface area contributed by atoms with Gasteiger partial charge in [0, 0.05) is 22.4 Å². The number of carbonyl (C=O) groups excluding carboxylic acids is 1. The van der Waals surface area contributed by atoms with Gasteiger partial charge in [-0.3, -0.25) is 4.79 Å². The Morgan fingerprint density at radius 2 is 2.00 bits per heavy atom. The number of nitrogens with one attached hydrogen (secondary N) is 1. The van der Waals surface area contributed by atoms with Crippen molar-refractivity contribution >= 4 is 17.5 Å². The first-order valence-electron chi connectivity index (χ1n) is 5.92. The summed E-state index contributed by atoms with van der Waals surface area (Å²) in [5.74, 6) is -0.0585. The van der Waals surface area contributed by atoms with E-state index >= 15 is 0 Å². The van der Waals surface area contributed by atoms with Gasteiger partial charge in [0.25, 0.3) is 0 Å². The number of benzene rings is 1. The summed E-state index contributed by atoms with van der Waals surface area (Å²) in [4.78, 5) is 11.8. The average molecular weight is 252 g/mol. The third kappa shape index (κ3) is 1.57. The predicted octanol–water partition coefficient (Wildman–Crippen LogP) is 2.03. The Labute approximate surface area is 105 Å². The maximum absolute atomic E-state index is 11.8. The Morgan fingerprint density at radius 3 is 2.71 bits per heavy atom. The summed E-state index contributed by atoms with van der Waals surface area (Å²) in [5, 5.41) is 14.1. The molecule has 1 heterocycles. The van der Waals surface area contributed by atoms with E-state index < -0.39 is 5.72 Å². The lowest BCUT2D eigenvalue weighted by molar-refractivity contribution is -0.124. The molecule has 1 aromatic rings. The third-order valence-electron chi connectivity index (χ3n) is 3.99. The molecule has 3 atom stereocenters. The second-order valence-corrected chi connectivity index (χ2v) is 5.34. The number of hydrogen-bond donors (Lipinski definition) is 2. The highest BCUT2D eigenvalue weighted by atomic mass is 35.5. The second kappa shape index (κ2) is 3.72. The van der Waals surface area contributed by atoms with Gasteiger partial charge in [0.2, 0.25) is 5.91 Å². The largest absolute Gasteiger partial charge is 0.367 e. The van der Waals surface area contributed by atoms with Crippen molar-refractivity contribution in [2.75, 3.05) is 0 Å². The molecule has 1 amide bonds. The highest BCUT2D eigenvalue weighted by molar-refractivity contribution is 6.30. The Morgan fingerprint density at radius 1 is 1.29 bits per heavy atom. The molecule has 17 heavy (non-hydrogen) atoms. The highest BCUT2D eigenvalue weighted by Crippen LogP contribution is 2.47. The Kier molecular flexibility index (Phi) is 2.42. The first-order chi connectivity index (χ1) is 8.11. The minimum absolute atomic E-state index is 0.00354. The van der Waals surface area contributed by atoms with Gasteiger partial charge in [0.1, 0.15) is 0 Å². The SMILES string of the molecule is O=C1NC(O)(c2ccc(Cl)cc2)C2CCCC12. The molecule has 0 spiro atoms. The van der Waals surface area contributed by atoms with E-state index in [9.17, 15) is 9.90 Å². The van der Waals surface area contributed by atoms with Crippen molar-refractivity contribution in [1.82, 2.24) is 5.32 Å². The molecule has 3 nitrogen and oxygen atoms in total. The number of rotatable bonds is 1. The molecule has 0 radical (unpaired) electrons. The van der Waals surface area contributed by atoms with Crippen LogP contribution >= 0.6 is 11.6 Å². The fourth-order valence-electron chi connectivity index (χ4n) is 3.14. The molecule has 3 unspecified atom stereocenters. The van der Waals surface area contributed by atoms with Crippen LogP contribution < -0.4 is 5.32 Å². The maximum atomic E-state index is 11.8. The van der Waals surface area contributed by atoms with E-state index in [0.717, 1.165) is 24.8 Å². The van der Waals surface area contributed by atoms with E-state index in [1.807, 2.05) is 0 Å². The average Bonchev–Trinajstić information content (AvgIpc) is 2.86. The standard InChI is InChI=1S/C13H14ClNO2/c14-9-6-4-8(5-7-9)13(17)11-3-1-2-10(11)12(16)15-13/h4-7,10-11,17H,1-3H2,(H,15,16). The number of fused-ring (bicyclic) bond motifs is 1. The van der Waals surface area contributed by atoms with Gasteiger partial charge in [-0.2, -0.15) is 0 Å². The minimum Gasteiger partial charge on any atom is -0.367 e. The summed E-state index contributed by atoms with van der Waals surface area (Å²) in [6.07, 6.45) is 2.79. The molecule has 1 aromatic carbocycles. The minimum atomic E-state index is -1.21. The Balaban J connectivity index is 2.01. The van der Waals surface area contributed by atoms with Crippen molar-refractivity contribution < 1.29 is 9.90 Å². The van der Waals surface area contributed by atoms with Crippen LogP contribution in [0.25, 0.3) is 0 Å². The van der Waals surface area contributed by atoms with Crippen LogP contribution in [0.1, 0.15) is 24.8 Å². The monoisotopic (exact) mass is 251 g/mol. The molecular weight excluding hydrogens is 238 g/mol. The summed E-state index contributed by atoms with van der Waals surface area (Å²) in [5.41, 5.74) is -0.479. The van der Waals surface area contributed by atoms with Gasteiger partial charge < -0.3 is 10.4 Å². The molecule has 0 bridgehead atoms. The Bertz CT molecular complexity index is 459. The zero-order valence-corrected chi connectivity index (χ0v) is 10.1. The normalized spacial score (nSPS) is 35.8. The van der Waals surface area contributed by atoms with Crippen LogP contribution in [0, 0.1) is 11.8 Å². The molecule has 2 N–H and O–H groups in total. The van der Waals surface area contributed by atoms with Crippen molar-refractivity contribution in [3.05, 3.63) is 34.9 Å². The number of hydrogen-bond acceptors (Lipinski definition) is 2. The molecule has 2 fully saturated rings. The van der Waals surface area contributed by atoms with Crippen LogP contribution in [0.5, 0.6) is 0 Å². The maximum Gasteiger partial charge on any atom is 0.226 e. The molecule has 90 valence electrons. The van der Waals surface area contributed by atoms with Crippen molar-refractivity contribution in [2.24, 2.45) is 11.8 Å². The van der Waals surface area contributed by atoms with Crippen molar-refractivity contribution in [3.8, 4) is 0 Å². The van der Waals surface area contributed by atoms with Crippen molar-refractivity contribution in [2.45, 2.75) is 25.0 Å². The quantitative estimate of drug-likeness (QED) is 0.803. The summed E-state index contributed by atoms with van der Waals surface area (Å²) in [7, 11) is 0. The predicted molar refractivity (Wildman–Crippen MR) is 64.3 cm³/mol.